The number of amides is 2. The molecule has 26 heavy (non-hydrogen) atoms. The van der Waals surface area contributed by atoms with Gasteiger partial charge in [-0.25, -0.2) is 0 Å². The minimum absolute atomic E-state index is 0.0541. The number of fused-ring (bicyclic) bond motifs is 2. The van der Waals surface area contributed by atoms with Crippen LogP contribution in [-0.2, 0) is 13.0 Å². The van der Waals surface area contributed by atoms with E-state index in [-0.39, 0.29) is 17.9 Å². The predicted octanol–water partition coefficient (Wildman–Crippen LogP) is 1.98. The fourth-order valence-electron chi connectivity index (χ4n) is 3.50. The number of nitrogens with one attached hydrogen (secondary N) is 3. The number of benzene rings is 1. The maximum Gasteiger partial charge on any atom is 0.270 e. The van der Waals surface area contributed by atoms with Gasteiger partial charge in [-0.1, -0.05) is 18.2 Å². The highest BCUT2D eigenvalue weighted by Crippen LogP contribution is 2.25. The molecule has 3 heterocycles. The molecule has 7 nitrogen and oxygen atoms in total. The van der Waals surface area contributed by atoms with E-state index in [2.05, 4.69) is 20.5 Å². The van der Waals surface area contributed by atoms with Crippen molar-refractivity contribution in [2.45, 2.75) is 31.8 Å². The summed E-state index contributed by atoms with van der Waals surface area (Å²) in [6, 6.07) is 9.99. The van der Waals surface area contributed by atoms with E-state index in [9.17, 15) is 9.59 Å². The summed E-state index contributed by atoms with van der Waals surface area (Å²) in [7, 11) is 0. The first-order valence-corrected chi connectivity index (χ1v) is 8.93. The van der Waals surface area contributed by atoms with E-state index in [4.69, 9.17) is 0 Å². The fraction of sp³-hybridized carbons (Fsp3) is 0.316. The normalized spacial score (nSPS) is 16.5. The molecule has 1 aliphatic carbocycles. The van der Waals surface area contributed by atoms with Crippen molar-refractivity contribution in [3.63, 3.8) is 0 Å². The summed E-state index contributed by atoms with van der Waals surface area (Å²) < 4.78 is 0. The molecule has 0 atom stereocenters. The van der Waals surface area contributed by atoms with Crippen LogP contribution in [0.2, 0.25) is 0 Å². The van der Waals surface area contributed by atoms with Crippen molar-refractivity contribution in [3.8, 4) is 0 Å². The standard InChI is InChI=1S/C19H19N5O2/c25-18(20-12-5-6-12)17-13-10-24(8-7-15(13)22-23-17)19(26)16-9-11-3-1-2-4-14(11)21-16/h1-4,9,12,21H,5-8,10H2,(H,20,25)(H,22,23). The molecule has 3 N–H and O–H groups in total. The third-order valence-electron chi connectivity index (χ3n) is 5.11. The maximum atomic E-state index is 12.9. The highest BCUT2D eigenvalue weighted by molar-refractivity contribution is 5.98. The Morgan fingerprint density at radius 3 is 2.88 bits per heavy atom. The summed E-state index contributed by atoms with van der Waals surface area (Å²) in [6.45, 7) is 0.989. The van der Waals surface area contributed by atoms with Crippen LogP contribution in [0.1, 0.15) is 45.1 Å². The van der Waals surface area contributed by atoms with Crippen molar-refractivity contribution >= 4 is 22.7 Å². The van der Waals surface area contributed by atoms with Crippen LogP contribution in [0.15, 0.2) is 30.3 Å². The predicted molar refractivity (Wildman–Crippen MR) is 95.8 cm³/mol. The summed E-state index contributed by atoms with van der Waals surface area (Å²) in [4.78, 5) is 30.3. The fourth-order valence-corrected chi connectivity index (χ4v) is 3.50. The van der Waals surface area contributed by atoms with Gasteiger partial charge in [-0.3, -0.25) is 14.7 Å². The zero-order valence-electron chi connectivity index (χ0n) is 14.2. The Morgan fingerprint density at radius 1 is 1.23 bits per heavy atom. The first-order valence-electron chi connectivity index (χ1n) is 8.93. The van der Waals surface area contributed by atoms with Gasteiger partial charge in [0.1, 0.15) is 11.4 Å². The topological polar surface area (TPSA) is 93.9 Å². The van der Waals surface area contributed by atoms with Crippen LogP contribution in [0.25, 0.3) is 10.9 Å². The number of hydrogen-bond donors (Lipinski definition) is 3. The van der Waals surface area contributed by atoms with Crippen LogP contribution in [0.4, 0.5) is 0 Å². The molecule has 0 unspecified atom stereocenters. The Balaban J connectivity index is 1.39. The molecule has 1 aliphatic heterocycles. The number of aromatic amines is 2. The van der Waals surface area contributed by atoms with E-state index in [0.29, 0.717) is 30.9 Å². The summed E-state index contributed by atoms with van der Waals surface area (Å²) in [5.74, 6) is -0.178. The monoisotopic (exact) mass is 349 g/mol. The Kier molecular flexibility index (Phi) is 3.34. The van der Waals surface area contributed by atoms with Crippen molar-refractivity contribution in [2.24, 2.45) is 0 Å². The molecule has 5 rings (SSSR count). The van der Waals surface area contributed by atoms with Crippen LogP contribution in [0.5, 0.6) is 0 Å². The average molecular weight is 349 g/mol. The summed E-state index contributed by atoms with van der Waals surface area (Å²) in [5.41, 5.74) is 3.72. The molecule has 7 heteroatoms. The molecule has 2 aromatic heterocycles. The van der Waals surface area contributed by atoms with E-state index in [1.807, 2.05) is 30.3 Å². The van der Waals surface area contributed by atoms with Crippen molar-refractivity contribution in [2.75, 3.05) is 6.54 Å². The summed E-state index contributed by atoms with van der Waals surface area (Å²) >= 11 is 0. The number of nitrogens with zero attached hydrogens (tertiary/aromatic N) is 2. The second-order valence-corrected chi connectivity index (χ2v) is 7.02. The van der Waals surface area contributed by atoms with Gasteiger partial charge in [-0.2, -0.15) is 5.10 Å². The number of hydrogen-bond acceptors (Lipinski definition) is 3. The van der Waals surface area contributed by atoms with Gasteiger partial charge in [0.2, 0.25) is 0 Å². The Bertz CT molecular complexity index is 981. The number of para-hydroxylation sites is 1. The molecule has 3 aromatic rings. The smallest absolute Gasteiger partial charge is 0.270 e. The van der Waals surface area contributed by atoms with Gasteiger partial charge >= 0.3 is 0 Å². The van der Waals surface area contributed by atoms with Crippen LogP contribution in [-0.4, -0.2) is 44.5 Å². The molecular formula is C19H19N5O2. The lowest BCUT2D eigenvalue weighted by atomic mass is 10.0. The molecule has 1 saturated carbocycles. The van der Waals surface area contributed by atoms with Gasteiger partial charge in [-0.15, -0.1) is 0 Å². The van der Waals surface area contributed by atoms with Gasteiger partial charge in [0.25, 0.3) is 11.8 Å². The van der Waals surface area contributed by atoms with Crippen molar-refractivity contribution in [1.29, 1.82) is 0 Å². The maximum absolute atomic E-state index is 12.9. The van der Waals surface area contributed by atoms with E-state index in [1.54, 1.807) is 4.90 Å². The van der Waals surface area contributed by atoms with E-state index in [0.717, 1.165) is 35.0 Å². The Morgan fingerprint density at radius 2 is 2.08 bits per heavy atom. The lowest BCUT2D eigenvalue weighted by molar-refractivity contribution is 0.0726. The highest BCUT2D eigenvalue weighted by atomic mass is 16.2. The minimum atomic E-state index is -0.124. The van der Waals surface area contributed by atoms with Gasteiger partial charge in [0, 0.05) is 35.5 Å². The first kappa shape index (κ1) is 15.2. The Hall–Kier alpha value is -3.09. The van der Waals surface area contributed by atoms with Crippen molar-refractivity contribution in [1.82, 2.24) is 25.4 Å². The molecule has 1 fully saturated rings. The molecular weight excluding hydrogens is 330 g/mol. The third kappa shape index (κ3) is 2.56. The number of carbonyl (C=O) groups is 2. The highest BCUT2D eigenvalue weighted by Gasteiger charge is 2.31. The first-order chi connectivity index (χ1) is 12.7. The summed E-state index contributed by atoms with van der Waals surface area (Å²) in [6.07, 6.45) is 2.72. The van der Waals surface area contributed by atoms with Crippen LogP contribution in [0, 0.1) is 0 Å². The third-order valence-corrected chi connectivity index (χ3v) is 5.11. The zero-order valence-corrected chi connectivity index (χ0v) is 14.2. The number of rotatable bonds is 3. The largest absolute Gasteiger partial charge is 0.351 e. The molecule has 0 saturated heterocycles. The van der Waals surface area contributed by atoms with Gasteiger partial charge in [0.05, 0.1) is 12.2 Å². The second-order valence-electron chi connectivity index (χ2n) is 7.02. The number of H-pyrrole nitrogens is 2. The van der Waals surface area contributed by atoms with E-state index in [1.165, 1.54) is 0 Å². The van der Waals surface area contributed by atoms with Crippen LogP contribution in [0.3, 0.4) is 0 Å². The van der Waals surface area contributed by atoms with E-state index < -0.39 is 0 Å². The molecule has 2 amide bonds. The molecule has 0 spiro atoms. The molecule has 132 valence electrons. The van der Waals surface area contributed by atoms with Crippen LogP contribution < -0.4 is 5.32 Å². The lowest BCUT2D eigenvalue weighted by Crippen LogP contribution is -2.37. The molecule has 0 bridgehead atoms. The zero-order chi connectivity index (χ0) is 17.7. The summed E-state index contributed by atoms with van der Waals surface area (Å²) in [5, 5.41) is 11.1. The van der Waals surface area contributed by atoms with Crippen LogP contribution >= 0.6 is 0 Å². The second kappa shape index (κ2) is 5.72. The SMILES string of the molecule is O=C(NC1CC1)c1[nH]nc2c1CN(C(=O)c1cc3ccccc3[nH]1)CC2. The number of carbonyl (C=O) groups excluding carboxylic acids is 2. The van der Waals surface area contributed by atoms with Gasteiger partial charge in [-0.05, 0) is 25.0 Å². The number of aromatic nitrogens is 3. The van der Waals surface area contributed by atoms with Crippen molar-refractivity contribution in [3.05, 3.63) is 53.0 Å². The minimum Gasteiger partial charge on any atom is -0.351 e. The van der Waals surface area contributed by atoms with E-state index >= 15 is 0 Å². The van der Waals surface area contributed by atoms with Gasteiger partial charge in [0.15, 0.2) is 0 Å². The van der Waals surface area contributed by atoms with Crippen molar-refractivity contribution < 1.29 is 9.59 Å². The molecule has 2 aliphatic rings. The Labute approximate surface area is 149 Å². The van der Waals surface area contributed by atoms with Gasteiger partial charge < -0.3 is 15.2 Å². The lowest BCUT2D eigenvalue weighted by Gasteiger charge is -2.26. The quantitative estimate of drug-likeness (QED) is 0.675. The average Bonchev–Trinajstić information content (AvgIpc) is 3.21. The molecule has 0 radical (unpaired) electrons. The molecule has 1 aromatic carbocycles.